The van der Waals surface area contributed by atoms with Crippen molar-refractivity contribution < 1.29 is 4.79 Å². The first-order chi connectivity index (χ1) is 7.61. The number of thiophene rings is 1. The fraction of sp³-hybridized carbons (Fsp3) is 0.500. The largest absolute Gasteiger partial charge is 0.338 e. The van der Waals surface area contributed by atoms with Crippen LogP contribution < -0.4 is 0 Å². The fourth-order valence-electron chi connectivity index (χ4n) is 1.75. The number of carbonyl (C=O) groups is 1. The summed E-state index contributed by atoms with van der Waals surface area (Å²) in [5, 5.41) is 0.981. The van der Waals surface area contributed by atoms with E-state index in [4.69, 9.17) is 0 Å². The molecular weight excluding hydrogens is 422 g/mol. The van der Waals surface area contributed by atoms with E-state index in [1.54, 1.807) is 0 Å². The smallest absolute Gasteiger partial charge is 0.264 e. The predicted molar refractivity (Wildman–Crippen MR) is 77.5 cm³/mol. The molecule has 0 radical (unpaired) electrons. The van der Waals surface area contributed by atoms with Gasteiger partial charge in [0, 0.05) is 22.9 Å². The zero-order valence-corrected chi connectivity index (χ0v) is 14.0. The lowest BCUT2D eigenvalue weighted by Crippen LogP contribution is -2.28. The van der Waals surface area contributed by atoms with Crippen LogP contribution in [-0.4, -0.2) is 29.2 Å². The number of amides is 1. The first-order valence-electron chi connectivity index (χ1n) is 4.92. The van der Waals surface area contributed by atoms with Gasteiger partial charge in [-0.05, 0) is 50.3 Å². The number of hydrogen-bond donors (Lipinski definition) is 0. The Hall–Kier alpha value is 0.610. The van der Waals surface area contributed by atoms with Crippen molar-refractivity contribution in [2.75, 3.05) is 18.4 Å². The Morgan fingerprint density at radius 2 is 2.31 bits per heavy atom. The number of halogens is 3. The summed E-state index contributed by atoms with van der Waals surface area (Å²) in [6, 6.07) is 1.89. The van der Waals surface area contributed by atoms with E-state index in [9.17, 15) is 4.79 Å². The van der Waals surface area contributed by atoms with Gasteiger partial charge in [0.2, 0.25) is 0 Å². The average Bonchev–Trinajstić information content (AvgIpc) is 2.86. The van der Waals surface area contributed by atoms with Gasteiger partial charge in [0.15, 0.2) is 0 Å². The molecule has 88 valence electrons. The van der Waals surface area contributed by atoms with Gasteiger partial charge in [-0.1, -0.05) is 15.9 Å². The molecule has 1 aliphatic rings. The molecular formula is C10H10Br3NOS. The summed E-state index contributed by atoms with van der Waals surface area (Å²) >= 11 is 11.8. The van der Waals surface area contributed by atoms with E-state index < -0.39 is 0 Å². The van der Waals surface area contributed by atoms with E-state index in [0.717, 1.165) is 38.0 Å². The third-order valence-electron chi connectivity index (χ3n) is 2.65. The summed E-state index contributed by atoms with van der Waals surface area (Å²) in [5.41, 5.74) is 0. The molecule has 0 aliphatic carbocycles. The Balaban J connectivity index is 2.08. The molecule has 2 rings (SSSR count). The summed E-state index contributed by atoms with van der Waals surface area (Å²) in [7, 11) is 0. The van der Waals surface area contributed by atoms with Crippen LogP contribution >= 0.6 is 59.1 Å². The minimum atomic E-state index is 0.153. The number of nitrogens with zero attached hydrogens (tertiary/aromatic N) is 1. The Bertz CT molecular complexity index is 387. The van der Waals surface area contributed by atoms with Gasteiger partial charge in [0.25, 0.3) is 5.91 Å². The van der Waals surface area contributed by atoms with Gasteiger partial charge in [0.05, 0.1) is 8.66 Å². The van der Waals surface area contributed by atoms with Crippen molar-refractivity contribution >= 4 is 65.0 Å². The molecule has 2 nitrogen and oxygen atoms in total. The number of alkyl halides is 1. The molecule has 0 bridgehead atoms. The number of rotatable bonds is 2. The maximum Gasteiger partial charge on any atom is 0.264 e. The Morgan fingerprint density at radius 1 is 1.56 bits per heavy atom. The fourth-order valence-corrected chi connectivity index (χ4v) is 4.28. The molecule has 0 N–H and O–H groups in total. The summed E-state index contributed by atoms with van der Waals surface area (Å²) < 4.78 is 1.93. The summed E-state index contributed by atoms with van der Waals surface area (Å²) in [4.78, 5) is 14.9. The topological polar surface area (TPSA) is 20.3 Å². The maximum atomic E-state index is 12.2. The average molecular weight is 432 g/mol. The molecule has 1 aromatic heterocycles. The minimum Gasteiger partial charge on any atom is -0.338 e. The second-order valence-corrected chi connectivity index (χ2v) is 7.66. The molecule has 2 heterocycles. The van der Waals surface area contributed by atoms with Crippen LogP contribution in [0.4, 0.5) is 0 Å². The molecule has 1 amide bonds. The standard InChI is InChI=1S/C10H10Br3NOS/c11-4-6-1-2-14(5-6)10(15)8-3-7(12)9(13)16-8/h3,6H,1-2,4-5H2. The van der Waals surface area contributed by atoms with Crippen LogP contribution in [0.5, 0.6) is 0 Å². The third kappa shape index (κ3) is 2.71. The Labute approximate surface area is 124 Å². The van der Waals surface area contributed by atoms with Crippen molar-refractivity contribution in [3.63, 3.8) is 0 Å². The first-order valence-corrected chi connectivity index (χ1v) is 8.44. The van der Waals surface area contributed by atoms with Gasteiger partial charge in [-0.25, -0.2) is 0 Å². The first kappa shape index (κ1) is 13.1. The van der Waals surface area contributed by atoms with E-state index in [1.165, 1.54) is 11.3 Å². The second kappa shape index (κ2) is 5.50. The van der Waals surface area contributed by atoms with E-state index in [2.05, 4.69) is 47.8 Å². The normalized spacial score (nSPS) is 20.4. The lowest BCUT2D eigenvalue weighted by atomic mass is 10.2. The molecule has 1 fully saturated rings. The zero-order valence-electron chi connectivity index (χ0n) is 8.38. The van der Waals surface area contributed by atoms with Crippen LogP contribution in [0.1, 0.15) is 16.1 Å². The van der Waals surface area contributed by atoms with E-state index >= 15 is 0 Å². The quantitative estimate of drug-likeness (QED) is 0.645. The number of likely N-dealkylation sites (tertiary alicyclic amines) is 1. The zero-order chi connectivity index (χ0) is 11.7. The van der Waals surface area contributed by atoms with Gasteiger partial charge < -0.3 is 4.90 Å². The van der Waals surface area contributed by atoms with Crippen LogP contribution in [0.2, 0.25) is 0 Å². The van der Waals surface area contributed by atoms with Gasteiger partial charge in [-0.2, -0.15) is 0 Å². The monoisotopic (exact) mass is 429 g/mol. The molecule has 1 saturated heterocycles. The minimum absolute atomic E-state index is 0.153. The highest BCUT2D eigenvalue weighted by Crippen LogP contribution is 2.33. The van der Waals surface area contributed by atoms with E-state index in [-0.39, 0.29) is 5.91 Å². The highest BCUT2D eigenvalue weighted by atomic mass is 79.9. The van der Waals surface area contributed by atoms with Gasteiger partial charge in [-0.15, -0.1) is 11.3 Å². The highest BCUT2D eigenvalue weighted by Gasteiger charge is 2.27. The SMILES string of the molecule is O=C(c1cc(Br)c(Br)s1)N1CCC(CBr)C1. The molecule has 1 unspecified atom stereocenters. The van der Waals surface area contributed by atoms with Crippen molar-refractivity contribution in [1.29, 1.82) is 0 Å². The van der Waals surface area contributed by atoms with Crippen molar-refractivity contribution in [3.8, 4) is 0 Å². The van der Waals surface area contributed by atoms with E-state index in [1.807, 2.05) is 11.0 Å². The molecule has 1 aliphatic heterocycles. The van der Waals surface area contributed by atoms with Crippen molar-refractivity contribution in [1.82, 2.24) is 4.90 Å². The van der Waals surface area contributed by atoms with Crippen LogP contribution in [0.15, 0.2) is 14.3 Å². The van der Waals surface area contributed by atoms with Gasteiger partial charge in [0.1, 0.15) is 0 Å². The molecule has 1 aromatic rings. The van der Waals surface area contributed by atoms with Gasteiger partial charge in [-0.3, -0.25) is 4.79 Å². The molecule has 16 heavy (non-hydrogen) atoms. The Kier molecular flexibility index (Phi) is 4.49. The highest BCUT2D eigenvalue weighted by molar-refractivity contribution is 9.13. The summed E-state index contributed by atoms with van der Waals surface area (Å²) in [6.07, 6.45) is 1.10. The third-order valence-corrected chi connectivity index (χ3v) is 6.81. The molecule has 0 spiro atoms. The predicted octanol–water partition coefficient (Wildman–Crippen LogP) is 4.13. The van der Waals surface area contributed by atoms with Crippen molar-refractivity contribution in [2.45, 2.75) is 6.42 Å². The number of hydrogen-bond acceptors (Lipinski definition) is 2. The summed E-state index contributed by atoms with van der Waals surface area (Å²) in [6.45, 7) is 1.75. The van der Waals surface area contributed by atoms with Crippen molar-refractivity contribution in [3.05, 3.63) is 19.2 Å². The number of carbonyl (C=O) groups excluding carboxylic acids is 1. The van der Waals surface area contributed by atoms with Crippen LogP contribution in [0, 0.1) is 5.92 Å². The molecule has 6 heteroatoms. The van der Waals surface area contributed by atoms with E-state index in [0.29, 0.717) is 5.92 Å². The maximum absolute atomic E-state index is 12.2. The van der Waals surface area contributed by atoms with Crippen molar-refractivity contribution in [2.24, 2.45) is 5.92 Å². The molecule has 1 atom stereocenters. The second-order valence-electron chi connectivity index (χ2n) is 3.79. The van der Waals surface area contributed by atoms with Gasteiger partial charge >= 0.3 is 0 Å². The summed E-state index contributed by atoms with van der Waals surface area (Å²) in [5.74, 6) is 0.760. The van der Waals surface area contributed by atoms with Crippen LogP contribution in [0.3, 0.4) is 0 Å². The molecule has 0 aromatic carbocycles. The Morgan fingerprint density at radius 3 is 2.81 bits per heavy atom. The van der Waals surface area contributed by atoms with Crippen LogP contribution in [0.25, 0.3) is 0 Å². The van der Waals surface area contributed by atoms with Crippen LogP contribution in [-0.2, 0) is 0 Å². The lowest BCUT2D eigenvalue weighted by molar-refractivity contribution is 0.0793. The lowest BCUT2D eigenvalue weighted by Gasteiger charge is -2.14. The molecule has 0 saturated carbocycles.